The van der Waals surface area contributed by atoms with Gasteiger partial charge in [-0.15, -0.1) is 5.10 Å². The summed E-state index contributed by atoms with van der Waals surface area (Å²) in [5.41, 5.74) is 3.82. The zero-order valence-electron chi connectivity index (χ0n) is 10.8. The smallest absolute Gasteiger partial charge is 0.182 e. The van der Waals surface area contributed by atoms with E-state index in [-0.39, 0.29) is 0 Å². The zero-order valence-corrected chi connectivity index (χ0v) is 10.8. The van der Waals surface area contributed by atoms with Crippen LogP contribution >= 0.6 is 0 Å². The van der Waals surface area contributed by atoms with Crippen LogP contribution in [0.1, 0.15) is 29.9 Å². The van der Waals surface area contributed by atoms with E-state index in [1.54, 1.807) is 16.6 Å². The van der Waals surface area contributed by atoms with Crippen molar-refractivity contribution in [2.24, 2.45) is 0 Å². The fraction of sp³-hybridized carbons (Fsp3) is 0.188. The first kappa shape index (κ1) is 11.2. The number of fused-ring (bicyclic) bond motifs is 1. The lowest BCUT2D eigenvalue weighted by atomic mass is 10.1. The second-order valence-electron chi connectivity index (χ2n) is 5.16. The molecule has 0 N–H and O–H groups in total. The molecule has 4 heteroatoms. The second kappa shape index (κ2) is 4.17. The maximum atomic E-state index is 8.82. The van der Waals surface area contributed by atoms with Crippen LogP contribution < -0.4 is 0 Å². The molecule has 2 aromatic heterocycles. The molecule has 0 aliphatic heterocycles. The van der Waals surface area contributed by atoms with E-state index >= 15 is 0 Å². The number of rotatable bonds is 2. The molecule has 3 aromatic rings. The van der Waals surface area contributed by atoms with Crippen molar-refractivity contribution in [3.8, 4) is 17.5 Å². The molecule has 0 bridgehead atoms. The summed E-state index contributed by atoms with van der Waals surface area (Å²) in [6.07, 6.45) is 4.54. The fourth-order valence-corrected chi connectivity index (χ4v) is 2.38. The highest BCUT2D eigenvalue weighted by Crippen LogP contribution is 2.40. The van der Waals surface area contributed by atoms with Crippen molar-refractivity contribution in [3.63, 3.8) is 0 Å². The van der Waals surface area contributed by atoms with E-state index in [9.17, 15) is 0 Å². The van der Waals surface area contributed by atoms with Crippen LogP contribution in [0.15, 0.2) is 42.6 Å². The lowest BCUT2D eigenvalue weighted by Crippen LogP contribution is -1.88. The quantitative estimate of drug-likeness (QED) is 0.711. The van der Waals surface area contributed by atoms with Crippen molar-refractivity contribution in [1.82, 2.24) is 14.6 Å². The molecule has 4 rings (SSSR count). The van der Waals surface area contributed by atoms with Crippen molar-refractivity contribution >= 4 is 5.65 Å². The predicted octanol–water partition coefficient (Wildman–Crippen LogP) is 3.15. The first-order valence-corrected chi connectivity index (χ1v) is 6.70. The largest absolute Gasteiger partial charge is 0.221 e. The maximum absolute atomic E-state index is 8.82. The molecule has 0 radical (unpaired) electrons. The molecule has 0 saturated heterocycles. The number of benzene rings is 1. The third-order valence-corrected chi connectivity index (χ3v) is 3.68. The van der Waals surface area contributed by atoms with Gasteiger partial charge in [-0.05, 0) is 60.7 Å². The van der Waals surface area contributed by atoms with Crippen LogP contribution in [0.3, 0.4) is 0 Å². The zero-order chi connectivity index (χ0) is 13.5. The summed E-state index contributed by atoms with van der Waals surface area (Å²) in [6.45, 7) is 0. The van der Waals surface area contributed by atoms with Gasteiger partial charge in [0.15, 0.2) is 11.5 Å². The molecule has 1 aliphatic carbocycles. The number of hydrogen-bond donors (Lipinski definition) is 0. The SMILES string of the molecule is N#Cc1ccc(-c2nc3cc(C4CC4)ccn3n2)cc1. The van der Waals surface area contributed by atoms with Gasteiger partial charge in [-0.2, -0.15) is 5.26 Å². The number of hydrogen-bond acceptors (Lipinski definition) is 3. The number of nitrogens with zero attached hydrogens (tertiary/aromatic N) is 4. The molecular weight excluding hydrogens is 248 g/mol. The van der Waals surface area contributed by atoms with Crippen LogP contribution in [0.2, 0.25) is 0 Å². The van der Waals surface area contributed by atoms with Gasteiger partial charge in [0.2, 0.25) is 0 Å². The average Bonchev–Trinajstić information content (AvgIpc) is 3.26. The second-order valence-corrected chi connectivity index (χ2v) is 5.16. The van der Waals surface area contributed by atoms with Crippen LogP contribution in [-0.4, -0.2) is 14.6 Å². The van der Waals surface area contributed by atoms with Crippen LogP contribution in [0.25, 0.3) is 17.0 Å². The minimum atomic E-state index is 0.647. The number of nitriles is 1. The number of aromatic nitrogens is 3. The lowest BCUT2D eigenvalue weighted by Gasteiger charge is -1.96. The Balaban J connectivity index is 1.77. The Morgan fingerprint density at radius 1 is 1.15 bits per heavy atom. The van der Waals surface area contributed by atoms with Crippen molar-refractivity contribution < 1.29 is 0 Å². The minimum Gasteiger partial charge on any atom is -0.221 e. The van der Waals surface area contributed by atoms with Gasteiger partial charge in [-0.25, -0.2) is 9.50 Å². The third kappa shape index (κ3) is 1.84. The molecule has 0 atom stereocenters. The van der Waals surface area contributed by atoms with Crippen molar-refractivity contribution in [3.05, 3.63) is 53.7 Å². The van der Waals surface area contributed by atoms with Crippen LogP contribution in [-0.2, 0) is 0 Å². The molecule has 96 valence electrons. The Hall–Kier alpha value is -2.67. The first-order valence-electron chi connectivity index (χ1n) is 6.70. The topological polar surface area (TPSA) is 54.0 Å². The number of pyridine rings is 1. The van der Waals surface area contributed by atoms with E-state index in [0.717, 1.165) is 17.1 Å². The first-order chi connectivity index (χ1) is 9.83. The lowest BCUT2D eigenvalue weighted by molar-refractivity contribution is 0.954. The Morgan fingerprint density at radius 3 is 2.65 bits per heavy atom. The summed E-state index contributed by atoms with van der Waals surface area (Å²) in [5, 5.41) is 13.3. The van der Waals surface area contributed by atoms with Gasteiger partial charge in [0.1, 0.15) is 0 Å². The molecule has 0 amide bonds. The monoisotopic (exact) mass is 260 g/mol. The van der Waals surface area contributed by atoms with E-state index in [4.69, 9.17) is 5.26 Å². The van der Waals surface area contributed by atoms with Gasteiger partial charge < -0.3 is 0 Å². The van der Waals surface area contributed by atoms with E-state index in [0.29, 0.717) is 11.4 Å². The average molecular weight is 260 g/mol. The van der Waals surface area contributed by atoms with Gasteiger partial charge in [-0.1, -0.05) is 0 Å². The molecule has 2 heterocycles. The van der Waals surface area contributed by atoms with Crippen LogP contribution in [0, 0.1) is 11.3 Å². The molecule has 0 unspecified atom stereocenters. The fourth-order valence-electron chi connectivity index (χ4n) is 2.38. The highest BCUT2D eigenvalue weighted by atomic mass is 15.3. The summed E-state index contributed by atoms with van der Waals surface area (Å²) in [6, 6.07) is 13.7. The normalized spacial score (nSPS) is 14.3. The van der Waals surface area contributed by atoms with Gasteiger partial charge in [0, 0.05) is 11.8 Å². The molecule has 0 spiro atoms. The Morgan fingerprint density at radius 2 is 1.95 bits per heavy atom. The van der Waals surface area contributed by atoms with Gasteiger partial charge in [0.05, 0.1) is 11.6 Å². The molecule has 1 aliphatic rings. The standard InChI is InChI=1S/C16H12N4/c17-10-11-1-3-13(4-2-11)16-18-15-9-14(12-5-6-12)7-8-20(15)19-16/h1-4,7-9,12H,5-6H2. The molecule has 20 heavy (non-hydrogen) atoms. The van der Waals surface area contributed by atoms with Crippen molar-refractivity contribution in [1.29, 1.82) is 5.26 Å². The van der Waals surface area contributed by atoms with E-state index in [1.807, 2.05) is 18.3 Å². The van der Waals surface area contributed by atoms with Crippen LogP contribution in [0.4, 0.5) is 0 Å². The summed E-state index contributed by atoms with van der Waals surface area (Å²) in [7, 11) is 0. The maximum Gasteiger partial charge on any atom is 0.182 e. The highest BCUT2D eigenvalue weighted by Gasteiger charge is 2.23. The molecule has 1 saturated carbocycles. The van der Waals surface area contributed by atoms with Crippen molar-refractivity contribution in [2.75, 3.05) is 0 Å². The summed E-state index contributed by atoms with van der Waals surface area (Å²) in [4.78, 5) is 4.58. The molecule has 1 aromatic carbocycles. The molecule has 1 fully saturated rings. The minimum absolute atomic E-state index is 0.647. The third-order valence-electron chi connectivity index (χ3n) is 3.68. The summed E-state index contributed by atoms with van der Waals surface area (Å²) >= 11 is 0. The van der Waals surface area contributed by atoms with Crippen molar-refractivity contribution in [2.45, 2.75) is 18.8 Å². The van der Waals surface area contributed by atoms with Gasteiger partial charge >= 0.3 is 0 Å². The van der Waals surface area contributed by atoms with Gasteiger partial charge in [-0.3, -0.25) is 0 Å². The predicted molar refractivity (Wildman–Crippen MR) is 75.1 cm³/mol. The summed E-state index contributed by atoms with van der Waals surface area (Å²) in [5.74, 6) is 1.41. The van der Waals surface area contributed by atoms with Gasteiger partial charge in [0.25, 0.3) is 0 Å². The molecule has 4 nitrogen and oxygen atoms in total. The Bertz CT molecular complexity index is 820. The van der Waals surface area contributed by atoms with E-state index in [2.05, 4.69) is 28.3 Å². The highest BCUT2D eigenvalue weighted by molar-refractivity contribution is 5.59. The van der Waals surface area contributed by atoms with E-state index in [1.165, 1.54) is 18.4 Å². The van der Waals surface area contributed by atoms with Crippen LogP contribution in [0.5, 0.6) is 0 Å². The molecular formula is C16H12N4. The Kier molecular flexibility index (Phi) is 2.33. The summed E-state index contributed by atoms with van der Waals surface area (Å²) < 4.78 is 1.80. The van der Waals surface area contributed by atoms with E-state index < -0.39 is 0 Å². The Labute approximate surface area is 116 Å².